The third kappa shape index (κ3) is 4.20. The number of nitrogens with zero attached hydrogens (tertiary/aromatic N) is 1. The van der Waals surface area contributed by atoms with Gasteiger partial charge in [-0.05, 0) is 33.8 Å². The molecule has 0 bridgehead atoms. The highest BCUT2D eigenvalue weighted by molar-refractivity contribution is 7.92. The summed E-state index contributed by atoms with van der Waals surface area (Å²) in [5.41, 5.74) is -0.319. The van der Waals surface area contributed by atoms with Gasteiger partial charge in [0.25, 0.3) is 0 Å². The molecule has 1 aromatic carbocycles. The van der Waals surface area contributed by atoms with Crippen LogP contribution in [0.25, 0.3) is 0 Å². The van der Waals surface area contributed by atoms with Gasteiger partial charge in [-0.25, -0.2) is 17.0 Å². The minimum atomic E-state index is -5.16. The maximum absolute atomic E-state index is 14.4. The van der Waals surface area contributed by atoms with Gasteiger partial charge in [0, 0.05) is 12.5 Å². The van der Waals surface area contributed by atoms with Crippen molar-refractivity contribution in [3.63, 3.8) is 0 Å². The summed E-state index contributed by atoms with van der Waals surface area (Å²) in [6.45, 7) is 6.50. The first-order valence-corrected chi connectivity index (χ1v) is 9.17. The van der Waals surface area contributed by atoms with Crippen LogP contribution in [0.15, 0.2) is 27.5 Å². The standard InChI is InChI=1S/C14H18F3NO3S2/c1-9(18-22(19)13(2,3)4)10-7-6-8-11(12(10)15)23(20,21)14(5,16)17/h6-8H,1-5H3/b18-9-/t22-/m0/s1. The van der Waals surface area contributed by atoms with Crippen LogP contribution in [0.5, 0.6) is 0 Å². The third-order valence-corrected chi connectivity index (χ3v) is 6.18. The van der Waals surface area contributed by atoms with Crippen LogP contribution in [-0.4, -0.2) is 28.3 Å². The number of alkyl halides is 2. The monoisotopic (exact) mass is 369 g/mol. The lowest BCUT2D eigenvalue weighted by Gasteiger charge is -2.16. The second-order valence-electron chi connectivity index (χ2n) is 5.97. The highest BCUT2D eigenvalue weighted by Gasteiger charge is 2.42. The lowest BCUT2D eigenvalue weighted by atomic mass is 10.1. The smallest absolute Gasteiger partial charge is 0.234 e. The van der Waals surface area contributed by atoms with Crippen molar-refractivity contribution in [2.75, 3.05) is 0 Å². The lowest BCUT2D eigenvalue weighted by molar-refractivity contribution is 0.114. The summed E-state index contributed by atoms with van der Waals surface area (Å²) in [5, 5.41) is -4.12. The second-order valence-corrected chi connectivity index (χ2v) is 10.0. The highest BCUT2D eigenvalue weighted by Crippen LogP contribution is 2.31. The van der Waals surface area contributed by atoms with Crippen molar-refractivity contribution in [2.24, 2.45) is 4.40 Å². The number of hydrogen-bond acceptors (Lipinski definition) is 3. The fourth-order valence-corrected chi connectivity index (χ4v) is 3.11. The Balaban J connectivity index is 3.48. The van der Waals surface area contributed by atoms with Gasteiger partial charge in [0.1, 0.15) is 15.9 Å². The largest absolute Gasteiger partial charge is 0.347 e. The number of rotatable bonds is 4. The number of hydrogen-bond donors (Lipinski definition) is 0. The molecule has 0 N–H and O–H groups in total. The van der Waals surface area contributed by atoms with E-state index in [9.17, 15) is 25.8 Å². The second kappa shape index (κ2) is 6.35. The molecule has 0 spiro atoms. The summed E-state index contributed by atoms with van der Waals surface area (Å²) >= 11 is 0. The van der Waals surface area contributed by atoms with Gasteiger partial charge < -0.3 is 0 Å². The van der Waals surface area contributed by atoms with Crippen LogP contribution >= 0.6 is 0 Å². The summed E-state index contributed by atoms with van der Waals surface area (Å²) in [4.78, 5) is -1.11. The zero-order chi connectivity index (χ0) is 18.2. The number of benzene rings is 1. The SMILES string of the molecule is C/C(=N/[S@@](=O)C(C)(C)C)c1cccc(S(=O)(=O)C(C)(F)F)c1F. The first kappa shape index (κ1) is 19.8. The maximum atomic E-state index is 14.4. The summed E-state index contributed by atoms with van der Waals surface area (Å²) < 4.78 is 79.4. The van der Waals surface area contributed by atoms with Crippen LogP contribution in [0, 0.1) is 5.82 Å². The van der Waals surface area contributed by atoms with E-state index in [4.69, 9.17) is 0 Å². The van der Waals surface area contributed by atoms with Gasteiger partial charge >= 0.3 is 5.25 Å². The molecule has 9 heteroatoms. The van der Waals surface area contributed by atoms with Crippen LogP contribution in [0.1, 0.15) is 40.2 Å². The van der Waals surface area contributed by atoms with Crippen molar-refractivity contribution < 1.29 is 25.8 Å². The fraction of sp³-hybridized carbons (Fsp3) is 0.500. The van der Waals surface area contributed by atoms with Crippen molar-refractivity contribution in [3.05, 3.63) is 29.6 Å². The molecule has 1 atom stereocenters. The molecule has 0 amide bonds. The molecule has 0 aliphatic carbocycles. The van der Waals surface area contributed by atoms with E-state index in [1.165, 1.54) is 13.0 Å². The van der Waals surface area contributed by atoms with Crippen molar-refractivity contribution in [1.29, 1.82) is 0 Å². The van der Waals surface area contributed by atoms with Gasteiger partial charge in [-0.1, -0.05) is 12.1 Å². The molecule has 0 saturated carbocycles. The Hall–Kier alpha value is -1.22. The molecule has 0 fully saturated rings. The molecule has 23 heavy (non-hydrogen) atoms. The predicted octanol–water partition coefficient (Wildman–Crippen LogP) is 3.48. The van der Waals surface area contributed by atoms with Gasteiger partial charge in [0.15, 0.2) is 5.82 Å². The summed E-state index contributed by atoms with van der Waals surface area (Å²) in [6, 6.07) is 3.09. The third-order valence-electron chi connectivity index (χ3n) is 2.86. The van der Waals surface area contributed by atoms with E-state index in [0.717, 1.165) is 12.1 Å². The highest BCUT2D eigenvalue weighted by atomic mass is 32.2. The number of sulfone groups is 1. The average Bonchev–Trinajstić information content (AvgIpc) is 2.35. The Bertz CT molecular complexity index is 760. The molecule has 0 heterocycles. The normalized spacial score (nSPS) is 15.6. The first-order chi connectivity index (χ1) is 10.2. The average molecular weight is 369 g/mol. The van der Waals surface area contributed by atoms with Crippen molar-refractivity contribution in [1.82, 2.24) is 0 Å². The van der Waals surface area contributed by atoms with Gasteiger partial charge in [-0.3, -0.25) is 0 Å². The summed E-state index contributed by atoms with van der Waals surface area (Å²) in [6.07, 6.45) is 0. The molecule has 4 nitrogen and oxygen atoms in total. The fourth-order valence-electron chi connectivity index (χ4n) is 1.50. The minimum absolute atomic E-state index is 0.0350. The molecule has 1 aromatic rings. The molecule has 0 saturated heterocycles. The van der Waals surface area contributed by atoms with E-state index >= 15 is 0 Å². The molecule has 130 valence electrons. The molecule has 0 aliphatic heterocycles. The Morgan fingerprint density at radius 3 is 2.13 bits per heavy atom. The predicted molar refractivity (Wildman–Crippen MR) is 84.3 cm³/mol. The van der Waals surface area contributed by atoms with Gasteiger partial charge in [-0.15, -0.1) is 0 Å². The van der Waals surface area contributed by atoms with E-state index in [1.54, 1.807) is 20.8 Å². The van der Waals surface area contributed by atoms with Crippen molar-refractivity contribution in [2.45, 2.75) is 49.5 Å². The van der Waals surface area contributed by atoms with E-state index in [0.29, 0.717) is 0 Å². The zero-order valence-corrected chi connectivity index (χ0v) is 15.0. The Kier molecular flexibility index (Phi) is 5.47. The van der Waals surface area contributed by atoms with Crippen molar-refractivity contribution >= 4 is 26.5 Å². The molecule has 0 unspecified atom stereocenters. The molecule has 0 radical (unpaired) electrons. The minimum Gasteiger partial charge on any atom is -0.234 e. The Morgan fingerprint density at radius 2 is 1.70 bits per heavy atom. The molecule has 1 rings (SSSR count). The van der Waals surface area contributed by atoms with Crippen LogP contribution in [-0.2, 0) is 20.8 Å². The Morgan fingerprint density at radius 1 is 1.17 bits per heavy atom. The lowest BCUT2D eigenvalue weighted by Crippen LogP contribution is -2.26. The van der Waals surface area contributed by atoms with Crippen LogP contribution in [0.2, 0.25) is 0 Å². The van der Waals surface area contributed by atoms with E-state index < -0.39 is 41.5 Å². The summed E-state index contributed by atoms with van der Waals surface area (Å²) in [5.74, 6) is -1.33. The first-order valence-electron chi connectivity index (χ1n) is 6.58. The van der Waals surface area contributed by atoms with E-state index in [-0.39, 0.29) is 18.2 Å². The maximum Gasteiger partial charge on any atom is 0.347 e. The van der Waals surface area contributed by atoms with Crippen LogP contribution < -0.4 is 0 Å². The van der Waals surface area contributed by atoms with Crippen LogP contribution in [0.4, 0.5) is 13.2 Å². The molecule has 0 aliphatic rings. The van der Waals surface area contributed by atoms with Gasteiger partial charge in [0.05, 0.1) is 10.5 Å². The van der Waals surface area contributed by atoms with Gasteiger partial charge in [0.2, 0.25) is 9.84 Å². The van der Waals surface area contributed by atoms with Crippen LogP contribution in [0.3, 0.4) is 0 Å². The molecular formula is C14H18F3NO3S2. The summed E-state index contributed by atoms with van der Waals surface area (Å²) in [7, 11) is -6.86. The zero-order valence-electron chi connectivity index (χ0n) is 13.4. The topological polar surface area (TPSA) is 63.6 Å². The van der Waals surface area contributed by atoms with Gasteiger partial charge in [-0.2, -0.15) is 13.2 Å². The quantitative estimate of drug-likeness (QED) is 0.763. The van der Waals surface area contributed by atoms with E-state index in [1.807, 2.05) is 0 Å². The van der Waals surface area contributed by atoms with E-state index in [2.05, 4.69) is 4.40 Å². The Labute approximate surface area is 136 Å². The number of halogens is 3. The van der Waals surface area contributed by atoms with Crippen molar-refractivity contribution in [3.8, 4) is 0 Å². The molecule has 0 aromatic heterocycles. The molecular weight excluding hydrogens is 351 g/mol.